The lowest BCUT2D eigenvalue weighted by Gasteiger charge is -2.38. The largest absolute Gasteiger partial charge is 0.456 e. The number of ether oxygens (including phenoxy) is 7. The molecule has 0 spiro atoms. The van der Waals surface area contributed by atoms with Crippen molar-refractivity contribution in [1.29, 1.82) is 0 Å². The molecule has 3 atom stereocenters. The second-order valence-corrected chi connectivity index (χ2v) is 16.7. The Morgan fingerprint density at radius 2 is 1.12 bits per heavy atom. The normalized spacial score (nSPS) is 15.2. The van der Waals surface area contributed by atoms with Crippen molar-refractivity contribution in [3.05, 3.63) is 112 Å². The number of esters is 7. The van der Waals surface area contributed by atoms with Gasteiger partial charge in [-0.3, -0.25) is 38.4 Å². The molecule has 16 heteroatoms. The molecule has 358 valence electrons. The lowest BCUT2D eigenvalue weighted by Crippen LogP contribution is -2.33. The minimum atomic E-state index is -1.30. The van der Waals surface area contributed by atoms with Crippen molar-refractivity contribution in [2.45, 2.75) is 93.9 Å². The van der Waals surface area contributed by atoms with Gasteiger partial charge in [-0.25, -0.2) is 0 Å². The Bertz CT molecular complexity index is 2960. The van der Waals surface area contributed by atoms with Crippen molar-refractivity contribution in [2.24, 2.45) is 5.92 Å². The Hall–Kier alpha value is -8.14. The first-order chi connectivity index (χ1) is 32.6. The van der Waals surface area contributed by atoms with E-state index in [0.29, 0.717) is 22.1 Å². The highest BCUT2D eigenvalue weighted by Crippen LogP contribution is 2.54. The van der Waals surface area contributed by atoms with E-state index in [1.54, 1.807) is 43.3 Å². The van der Waals surface area contributed by atoms with Crippen LogP contribution in [-0.2, 0) is 40.0 Å². The van der Waals surface area contributed by atoms with Gasteiger partial charge in [0.2, 0.25) is 0 Å². The van der Waals surface area contributed by atoms with E-state index >= 15 is 4.79 Å². The molecule has 0 saturated heterocycles. The molecule has 1 aromatic heterocycles. The standard InChI is InChI=1S/C53H50O16/c1-26(2)11-15-40-44(64-30(6)56)18-17-41(53(40)68-34(10)60)52(61)50-42(39-16-14-38(63-29(5)55)25-47(39)65-31(7)57)19-27(3)20-43(50)51-48(66-32(8)58)22-36(23-49(51)67-33(9)59)45-21-35-12-13-37(62-28(4)54)24-46(35)69-45/h11-14,16-18,20-25,42-43,50H,15,19H2,1-10H3/t42-,43+,50-/m1/s1. The first-order valence-electron chi connectivity index (χ1n) is 21.7. The van der Waals surface area contributed by atoms with Crippen LogP contribution in [0.5, 0.6) is 40.2 Å². The molecule has 0 bridgehead atoms. The molecule has 0 saturated carbocycles. The lowest BCUT2D eigenvalue weighted by atomic mass is 9.65. The van der Waals surface area contributed by atoms with E-state index in [0.717, 1.165) is 12.5 Å². The summed E-state index contributed by atoms with van der Waals surface area (Å²) in [5.74, 6) is -8.81. The number of Topliss-reactive ketones (excluding diaryl/α,β-unsaturated/α-hetero) is 1. The van der Waals surface area contributed by atoms with E-state index in [2.05, 4.69) is 0 Å². The molecule has 0 amide bonds. The topological polar surface area (TPSA) is 214 Å². The zero-order chi connectivity index (χ0) is 50.4. The van der Waals surface area contributed by atoms with Crippen LogP contribution < -0.4 is 33.2 Å². The van der Waals surface area contributed by atoms with E-state index in [-0.39, 0.29) is 81.1 Å². The van der Waals surface area contributed by atoms with Gasteiger partial charge in [-0.1, -0.05) is 29.4 Å². The molecule has 4 aromatic carbocycles. The smallest absolute Gasteiger partial charge is 0.308 e. The molecule has 69 heavy (non-hydrogen) atoms. The number of allylic oxidation sites excluding steroid dienone is 4. The number of benzene rings is 4. The van der Waals surface area contributed by atoms with Gasteiger partial charge in [0.15, 0.2) is 5.78 Å². The summed E-state index contributed by atoms with van der Waals surface area (Å²) in [6, 6.07) is 16.7. The molecule has 0 unspecified atom stereocenters. The van der Waals surface area contributed by atoms with Crippen LogP contribution in [0.3, 0.4) is 0 Å². The highest BCUT2D eigenvalue weighted by atomic mass is 16.6. The first-order valence-corrected chi connectivity index (χ1v) is 21.7. The molecule has 5 aromatic rings. The summed E-state index contributed by atoms with van der Waals surface area (Å²) in [7, 11) is 0. The van der Waals surface area contributed by atoms with Gasteiger partial charge in [-0.05, 0) is 87.7 Å². The number of rotatable bonds is 14. The quantitative estimate of drug-likeness (QED) is 0.0438. The number of hydrogen-bond acceptors (Lipinski definition) is 16. The fourth-order valence-corrected chi connectivity index (χ4v) is 8.34. The average molecular weight is 943 g/mol. The Labute approximate surface area is 397 Å². The molecule has 6 rings (SSSR count). The van der Waals surface area contributed by atoms with Gasteiger partial charge in [0, 0.05) is 100 Å². The van der Waals surface area contributed by atoms with Gasteiger partial charge in [-0.15, -0.1) is 0 Å². The van der Waals surface area contributed by atoms with Crippen LogP contribution in [0.1, 0.15) is 115 Å². The maximum absolute atomic E-state index is 16.0. The predicted octanol–water partition coefficient (Wildman–Crippen LogP) is 9.80. The van der Waals surface area contributed by atoms with Gasteiger partial charge >= 0.3 is 41.8 Å². The van der Waals surface area contributed by atoms with Crippen LogP contribution in [0.15, 0.2) is 94.4 Å². The van der Waals surface area contributed by atoms with Crippen molar-refractivity contribution in [3.63, 3.8) is 0 Å². The third-order valence-corrected chi connectivity index (χ3v) is 10.7. The number of carbonyl (C=O) groups is 8. The van der Waals surface area contributed by atoms with Crippen molar-refractivity contribution in [2.75, 3.05) is 0 Å². The van der Waals surface area contributed by atoms with E-state index in [9.17, 15) is 33.6 Å². The maximum atomic E-state index is 16.0. The van der Waals surface area contributed by atoms with E-state index in [4.69, 9.17) is 37.6 Å². The summed E-state index contributed by atoms with van der Waals surface area (Å²) < 4.78 is 45.9. The van der Waals surface area contributed by atoms with Gasteiger partial charge in [-0.2, -0.15) is 0 Å². The first kappa shape index (κ1) is 50.3. The van der Waals surface area contributed by atoms with Crippen LogP contribution in [0, 0.1) is 5.92 Å². The molecule has 1 heterocycles. The summed E-state index contributed by atoms with van der Waals surface area (Å²) in [6.07, 6.45) is 3.80. The third-order valence-electron chi connectivity index (χ3n) is 10.7. The number of ketones is 1. The van der Waals surface area contributed by atoms with E-state index in [1.165, 1.54) is 84.0 Å². The predicted molar refractivity (Wildman–Crippen MR) is 249 cm³/mol. The summed E-state index contributed by atoms with van der Waals surface area (Å²) in [5, 5.41) is 0.614. The summed E-state index contributed by atoms with van der Waals surface area (Å²) in [4.78, 5) is 104. The minimum absolute atomic E-state index is 0.0373. The van der Waals surface area contributed by atoms with Crippen molar-refractivity contribution in [1.82, 2.24) is 0 Å². The van der Waals surface area contributed by atoms with Gasteiger partial charge in [0.1, 0.15) is 51.6 Å². The molecule has 0 N–H and O–H groups in total. The molecule has 0 aliphatic heterocycles. The number of fused-ring (bicyclic) bond motifs is 1. The molecule has 1 aliphatic rings. The van der Waals surface area contributed by atoms with Crippen molar-refractivity contribution < 1.29 is 75.9 Å². The molecule has 1 aliphatic carbocycles. The second-order valence-electron chi connectivity index (χ2n) is 16.7. The maximum Gasteiger partial charge on any atom is 0.308 e. The Balaban J connectivity index is 1.69. The lowest BCUT2D eigenvalue weighted by molar-refractivity contribution is -0.133. The van der Waals surface area contributed by atoms with E-state index < -0.39 is 65.3 Å². The molecule has 0 fully saturated rings. The fourth-order valence-electron chi connectivity index (χ4n) is 8.34. The zero-order valence-electron chi connectivity index (χ0n) is 39.7. The van der Waals surface area contributed by atoms with E-state index in [1.807, 2.05) is 13.8 Å². The van der Waals surface area contributed by atoms with Gasteiger partial charge in [0.05, 0.1) is 5.56 Å². The Morgan fingerprint density at radius 1 is 0.580 bits per heavy atom. The fraction of sp³-hybridized carbons (Fsp3) is 0.283. The molecule has 0 radical (unpaired) electrons. The van der Waals surface area contributed by atoms with Crippen molar-refractivity contribution >= 4 is 58.5 Å². The van der Waals surface area contributed by atoms with Gasteiger partial charge < -0.3 is 37.6 Å². The minimum Gasteiger partial charge on any atom is -0.456 e. The summed E-state index contributed by atoms with van der Waals surface area (Å²) >= 11 is 0. The Kier molecular flexibility index (Phi) is 15.5. The van der Waals surface area contributed by atoms with Crippen LogP contribution in [0.4, 0.5) is 0 Å². The summed E-state index contributed by atoms with van der Waals surface area (Å²) in [6.45, 7) is 13.8. The monoisotopic (exact) mass is 942 g/mol. The second kappa shape index (κ2) is 21.2. The zero-order valence-corrected chi connectivity index (χ0v) is 39.7. The highest BCUT2D eigenvalue weighted by molar-refractivity contribution is 6.03. The van der Waals surface area contributed by atoms with Crippen LogP contribution >= 0.6 is 0 Å². The number of furan rings is 1. The molecule has 16 nitrogen and oxygen atoms in total. The van der Waals surface area contributed by atoms with Crippen LogP contribution in [0.25, 0.3) is 22.3 Å². The number of hydrogen-bond donors (Lipinski definition) is 0. The van der Waals surface area contributed by atoms with Crippen LogP contribution in [0.2, 0.25) is 0 Å². The number of carbonyl (C=O) groups excluding carboxylic acids is 8. The average Bonchev–Trinajstić information content (AvgIpc) is 3.65. The van der Waals surface area contributed by atoms with Gasteiger partial charge in [0.25, 0.3) is 0 Å². The SMILES string of the molecule is CC(=O)Oc1ccc([C@H]2CC(C)=C[C@H](c3c(OC(C)=O)cc(-c4cc5ccc(OC(C)=O)cc5o4)cc3OC(C)=O)[C@@H]2C(=O)c2ccc(OC(C)=O)c(CC=C(C)C)c2OC(C)=O)c(OC(C)=O)c1. The Morgan fingerprint density at radius 3 is 1.68 bits per heavy atom. The third kappa shape index (κ3) is 12.3. The van der Waals surface area contributed by atoms with Crippen LogP contribution in [-0.4, -0.2) is 47.6 Å². The highest BCUT2D eigenvalue weighted by Gasteiger charge is 2.45. The van der Waals surface area contributed by atoms with Crippen molar-refractivity contribution in [3.8, 4) is 51.6 Å². The molecular weight excluding hydrogens is 893 g/mol. The summed E-state index contributed by atoms with van der Waals surface area (Å²) in [5.41, 5.74) is 2.71. The molecular formula is C53H50O16.